The van der Waals surface area contributed by atoms with E-state index in [0.717, 1.165) is 12.8 Å². The second kappa shape index (κ2) is 3.92. The van der Waals surface area contributed by atoms with Gasteiger partial charge in [0.05, 0.1) is 38.1 Å². The monoisotopic (exact) mass is 188 g/mol. The van der Waals surface area contributed by atoms with E-state index in [1.807, 2.05) is 0 Å². The highest BCUT2D eigenvalue weighted by atomic mass is 17.2. The Morgan fingerprint density at radius 3 is 2.54 bits per heavy atom. The third-order valence-corrected chi connectivity index (χ3v) is 2.59. The lowest BCUT2D eigenvalue weighted by Crippen LogP contribution is -2.03. The summed E-state index contributed by atoms with van der Waals surface area (Å²) in [6, 6.07) is 0. The van der Waals surface area contributed by atoms with Crippen LogP contribution in [0, 0.1) is 0 Å². The quantitative estimate of drug-likeness (QED) is 0.269. The number of epoxide rings is 2. The summed E-state index contributed by atoms with van der Waals surface area (Å²) in [7, 11) is 1.52. The second-order valence-electron chi connectivity index (χ2n) is 3.61. The van der Waals surface area contributed by atoms with Gasteiger partial charge < -0.3 is 9.47 Å². The van der Waals surface area contributed by atoms with Crippen LogP contribution in [0.15, 0.2) is 0 Å². The molecule has 4 unspecified atom stereocenters. The van der Waals surface area contributed by atoms with Gasteiger partial charge in [0.2, 0.25) is 0 Å². The van der Waals surface area contributed by atoms with Crippen molar-refractivity contribution in [2.75, 3.05) is 13.7 Å². The third kappa shape index (κ3) is 2.64. The van der Waals surface area contributed by atoms with Crippen LogP contribution in [0.25, 0.3) is 0 Å². The van der Waals surface area contributed by atoms with Gasteiger partial charge in [-0.25, -0.2) is 9.78 Å². The molecule has 0 aliphatic carbocycles. The van der Waals surface area contributed by atoms with Crippen LogP contribution in [0.2, 0.25) is 0 Å². The van der Waals surface area contributed by atoms with Crippen molar-refractivity contribution in [2.24, 2.45) is 0 Å². The molecule has 4 atom stereocenters. The molecule has 2 saturated heterocycles. The summed E-state index contributed by atoms with van der Waals surface area (Å²) in [5.41, 5.74) is 0. The fourth-order valence-electron chi connectivity index (χ4n) is 1.59. The number of rotatable bonds is 6. The number of ether oxygens (including phenoxy) is 2. The molecule has 13 heavy (non-hydrogen) atoms. The van der Waals surface area contributed by atoms with Crippen molar-refractivity contribution >= 4 is 0 Å². The summed E-state index contributed by atoms with van der Waals surface area (Å²) < 4.78 is 10.8. The highest BCUT2D eigenvalue weighted by molar-refractivity contribution is 4.92. The van der Waals surface area contributed by atoms with Crippen LogP contribution in [0.4, 0.5) is 0 Å². The predicted octanol–water partition coefficient (Wildman–Crippen LogP) is 0.899. The Hall–Kier alpha value is -0.160. The summed E-state index contributed by atoms with van der Waals surface area (Å²) in [6.07, 6.45) is 3.61. The van der Waals surface area contributed by atoms with Crippen molar-refractivity contribution in [3.63, 3.8) is 0 Å². The molecule has 0 bridgehead atoms. The summed E-state index contributed by atoms with van der Waals surface area (Å²) in [5.74, 6) is 0. The van der Waals surface area contributed by atoms with Gasteiger partial charge in [-0.3, -0.25) is 0 Å². The fraction of sp³-hybridized carbons (Fsp3) is 1.00. The zero-order valence-corrected chi connectivity index (χ0v) is 8.06. The van der Waals surface area contributed by atoms with Gasteiger partial charge in [0.1, 0.15) is 0 Å². The van der Waals surface area contributed by atoms with Crippen molar-refractivity contribution in [2.45, 2.75) is 44.2 Å². The van der Waals surface area contributed by atoms with Crippen LogP contribution in [0.3, 0.4) is 0 Å². The summed E-state index contributed by atoms with van der Waals surface area (Å²) in [5, 5.41) is 0. The predicted molar refractivity (Wildman–Crippen MR) is 45.2 cm³/mol. The minimum atomic E-state index is 0.367. The Morgan fingerprint density at radius 1 is 1.15 bits per heavy atom. The fourth-order valence-corrected chi connectivity index (χ4v) is 1.59. The molecule has 2 heterocycles. The van der Waals surface area contributed by atoms with Gasteiger partial charge in [-0.1, -0.05) is 0 Å². The molecule has 0 saturated carbocycles. The zero-order chi connectivity index (χ0) is 9.26. The maximum Gasteiger partial charge on any atom is 0.0868 e. The molecule has 0 radical (unpaired) electrons. The van der Waals surface area contributed by atoms with E-state index in [-0.39, 0.29) is 0 Å². The molecule has 0 amide bonds. The van der Waals surface area contributed by atoms with E-state index >= 15 is 0 Å². The van der Waals surface area contributed by atoms with E-state index in [0.29, 0.717) is 31.0 Å². The summed E-state index contributed by atoms with van der Waals surface area (Å²) >= 11 is 0. The Balaban J connectivity index is 1.50. The molecule has 76 valence electrons. The lowest BCUT2D eigenvalue weighted by molar-refractivity contribution is -0.273. The molecule has 0 aromatic heterocycles. The first-order valence-electron chi connectivity index (χ1n) is 4.78. The highest BCUT2D eigenvalue weighted by Gasteiger charge is 2.45. The molecule has 0 N–H and O–H groups in total. The lowest BCUT2D eigenvalue weighted by Gasteiger charge is -1.95. The SMILES string of the molecule is COOCCC1OC1CC1OC1C. The van der Waals surface area contributed by atoms with Crippen molar-refractivity contribution in [3.8, 4) is 0 Å². The van der Waals surface area contributed by atoms with Crippen LogP contribution < -0.4 is 0 Å². The lowest BCUT2D eigenvalue weighted by atomic mass is 10.1. The van der Waals surface area contributed by atoms with Crippen molar-refractivity contribution < 1.29 is 19.2 Å². The van der Waals surface area contributed by atoms with Gasteiger partial charge in [0.15, 0.2) is 0 Å². The van der Waals surface area contributed by atoms with Crippen LogP contribution in [-0.2, 0) is 19.2 Å². The number of hydrogen-bond donors (Lipinski definition) is 0. The van der Waals surface area contributed by atoms with Gasteiger partial charge in [0, 0.05) is 12.8 Å². The Morgan fingerprint density at radius 2 is 1.92 bits per heavy atom. The smallest absolute Gasteiger partial charge is 0.0868 e. The van der Waals surface area contributed by atoms with E-state index in [9.17, 15) is 0 Å². The molecule has 2 fully saturated rings. The molecule has 0 aromatic carbocycles. The molecule has 4 nitrogen and oxygen atoms in total. The minimum Gasteiger partial charge on any atom is -0.370 e. The van der Waals surface area contributed by atoms with Crippen LogP contribution >= 0.6 is 0 Å². The first-order valence-corrected chi connectivity index (χ1v) is 4.78. The van der Waals surface area contributed by atoms with Crippen molar-refractivity contribution in [3.05, 3.63) is 0 Å². The van der Waals surface area contributed by atoms with Crippen molar-refractivity contribution in [1.82, 2.24) is 0 Å². The highest BCUT2D eigenvalue weighted by Crippen LogP contribution is 2.36. The molecular formula is C9H16O4. The van der Waals surface area contributed by atoms with Gasteiger partial charge in [0.25, 0.3) is 0 Å². The molecule has 0 aromatic rings. The largest absolute Gasteiger partial charge is 0.370 e. The molecule has 2 aliphatic rings. The number of hydrogen-bond acceptors (Lipinski definition) is 4. The Bertz CT molecular complexity index is 173. The van der Waals surface area contributed by atoms with E-state index in [2.05, 4.69) is 11.8 Å². The second-order valence-corrected chi connectivity index (χ2v) is 3.61. The van der Waals surface area contributed by atoms with Crippen LogP contribution in [-0.4, -0.2) is 38.1 Å². The van der Waals surface area contributed by atoms with Crippen molar-refractivity contribution in [1.29, 1.82) is 0 Å². The van der Waals surface area contributed by atoms with E-state index in [1.165, 1.54) is 7.11 Å². The van der Waals surface area contributed by atoms with Crippen LogP contribution in [0.5, 0.6) is 0 Å². The minimum absolute atomic E-state index is 0.367. The van der Waals surface area contributed by atoms with Gasteiger partial charge in [-0.15, -0.1) is 0 Å². The van der Waals surface area contributed by atoms with E-state index in [4.69, 9.17) is 14.4 Å². The van der Waals surface area contributed by atoms with E-state index in [1.54, 1.807) is 0 Å². The normalized spacial score (nSPS) is 42.0. The first-order chi connectivity index (χ1) is 6.31. The van der Waals surface area contributed by atoms with Gasteiger partial charge in [-0.05, 0) is 6.92 Å². The molecule has 2 rings (SSSR count). The molecular weight excluding hydrogens is 172 g/mol. The summed E-state index contributed by atoms with van der Waals surface area (Å²) in [6.45, 7) is 2.70. The zero-order valence-electron chi connectivity index (χ0n) is 8.06. The Labute approximate surface area is 78.0 Å². The van der Waals surface area contributed by atoms with E-state index < -0.39 is 0 Å². The first kappa shape index (κ1) is 9.40. The molecule has 0 spiro atoms. The Kier molecular flexibility index (Phi) is 2.83. The molecule has 2 aliphatic heterocycles. The third-order valence-electron chi connectivity index (χ3n) is 2.59. The van der Waals surface area contributed by atoms with Gasteiger partial charge >= 0.3 is 0 Å². The maximum atomic E-state index is 5.45. The average molecular weight is 188 g/mol. The molecule has 4 heteroatoms. The topological polar surface area (TPSA) is 43.5 Å². The van der Waals surface area contributed by atoms with Gasteiger partial charge in [-0.2, -0.15) is 0 Å². The maximum absolute atomic E-state index is 5.45. The van der Waals surface area contributed by atoms with Crippen LogP contribution in [0.1, 0.15) is 19.8 Å². The standard InChI is InChI=1S/C9H16O4/c1-6-8(12-6)5-9-7(13-9)3-4-11-10-2/h6-9H,3-5H2,1-2H3. The summed E-state index contributed by atoms with van der Waals surface area (Å²) in [4.78, 5) is 9.25. The average Bonchev–Trinajstić information content (AvgIpc) is 2.97.